The summed E-state index contributed by atoms with van der Waals surface area (Å²) in [5.41, 5.74) is 1.22. The van der Waals surface area contributed by atoms with E-state index in [1.54, 1.807) is 0 Å². The minimum atomic E-state index is -0.661. The molecule has 0 saturated carbocycles. The van der Waals surface area contributed by atoms with Crippen LogP contribution in [0.5, 0.6) is 0 Å². The van der Waals surface area contributed by atoms with E-state index in [2.05, 4.69) is 12.2 Å². The van der Waals surface area contributed by atoms with Crippen LogP contribution in [0.4, 0.5) is 0 Å². The molecule has 0 amide bonds. The molecule has 0 bridgehead atoms. The third kappa shape index (κ3) is 5.45. The van der Waals surface area contributed by atoms with Crippen LogP contribution in [0.1, 0.15) is 25.3 Å². The van der Waals surface area contributed by atoms with Crippen LogP contribution in [-0.2, 0) is 16.0 Å². The first kappa shape index (κ1) is 13.6. The summed E-state index contributed by atoms with van der Waals surface area (Å²) in [6, 6.07) is 10.0. The molecule has 1 unspecified atom stereocenters. The zero-order valence-electron chi connectivity index (χ0n) is 9.76. The van der Waals surface area contributed by atoms with Crippen LogP contribution in [0.25, 0.3) is 0 Å². The first-order valence-electron chi connectivity index (χ1n) is 5.53. The van der Waals surface area contributed by atoms with E-state index in [9.17, 15) is 9.90 Å². The molecule has 1 aromatic rings. The lowest BCUT2D eigenvalue weighted by Gasteiger charge is -2.14. The Balaban J connectivity index is 2.37. The zero-order chi connectivity index (χ0) is 12.7. The highest BCUT2D eigenvalue weighted by molar-refractivity contribution is 7.80. The smallest absolute Gasteiger partial charge is 0.303 e. The molecule has 92 valence electrons. The second-order valence-corrected chi connectivity index (χ2v) is 4.23. The normalized spacial score (nSPS) is 11.8. The van der Waals surface area contributed by atoms with Crippen molar-refractivity contribution in [2.45, 2.75) is 32.3 Å². The summed E-state index contributed by atoms with van der Waals surface area (Å²) in [4.78, 5) is 10.8. The number of esters is 1. The summed E-state index contributed by atoms with van der Waals surface area (Å²) >= 11 is 4.64. The van der Waals surface area contributed by atoms with Crippen LogP contribution >= 0.6 is 12.2 Å². The molecule has 1 N–H and O–H groups in total. The summed E-state index contributed by atoms with van der Waals surface area (Å²) in [5, 5.41) is 8.96. The molecule has 0 aliphatic carbocycles. The molecule has 1 aromatic carbocycles. The summed E-state index contributed by atoms with van der Waals surface area (Å²) in [6.07, 6.45) is 1.57. The zero-order valence-corrected chi connectivity index (χ0v) is 10.6. The molecule has 0 aliphatic heterocycles. The molecule has 4 heteroatoms. The Morgan fingerprint density at radius 2 is 2.06 bits per heavy atom. The fourth-order valence-corrected chi connectivity index (χ4v) is 1.74. The van der Waals surface area contributed by atoms with E-state index < -0.39 is 12.1 Å². The lowest BCUT2D eigenvalue weighted by atomic mass is 10.1. The first-order valence-corrected chi connectivity index (χ1v) is 5.94. The molecule has 17 heavy (non-hydrogen) atoms. The molecule has 1 atom stereocenters. The highest BCUT2D eigenvalue weighted by atomic mass is 32.1. The van der Waals surface area contributed by atoms with Gasteiger partial charge in [0.25, 0.3) is 0 Å². The molecule has 1 rings (SSSR count). The number of aryl methyl sites for hydroxylation is 1. The quantitative estimate of drug-likeness (QED) is 0.624. The molecule has 3 nitrogen and oxygen atoms in total. The van der Waals surface area contributed by atoms with Gasteiger partial charge < -0.3 is 9.84 Å². The summed E-state index contributed by atoms with van der Waals surface area (Å²) in [7, 11) is 0. The predicted molar refractivity (Wildman–Crippen MR) is 70.2 cm³/mol. The van der Waals surface area contributed by atoms with Crippen molar-refractivity contribution >= 4 is 23.2 Å². The molecular formula is C13H16O3S. The third-order valence-electron chi connectivity index (χ3n) is 2.36. The second kappa shape index (κ2) is 7.01. The molecule has 0 spiro atoms. The van der Waals surface area contributed by atoms with Crippen molar-refractivity contribution in [2.75, 3.05) is 0 Å². The average Bonchev–Trinajstić information content (AvgIpc) is 2.28. The lowest BCUT2D eigenvalue weighted by molar-refractivity contribution is -0.143. The number of aliphatic hydroxyl groups excluding tert-OH is 1. The number of carbonyl (C=O) groups excluding carboxylic acids is 1. The topological polar surface area (TPSA) is 46.5 Å². The minimum absolute atomic E-state index is 0.256. The van der Waals surface area contributed by atoms with Crippen LogP contribution in [0.3, 0.4) is 0 Å². The largest absolute Gasteiger partial charge is 0.499 e. The number of hydrogen-bond acceptors (Lipinski definition) is 3. The van der Waals surface area contributed by atoms with Crippen molar-refractivity contribution in [1.82, 2.24) is 0 Å². The third-order valence-corrected chi connectivity index (χ3v) is 2.62. The molecule has 0 saturated heterocycles. The van der Waals surface area contributed by atoms with Crippen LogP contribution in [-0.4, -0.2) is 22.2 Å². The standard InChI is InChI=1S/C13H16O3S/c1-10(14)16-12(13(15)17)9-5-8-11-6-3-2-4-7-11/h2-4,6-7,12H,5,8-9H2,1H3,(H,15,17). The van der Waals surface area contributed by atoms with Gasteiger partial charge in [0.05, 0.1) is 0 Å². The number of ether oxygens (including phenoxy) is 1. The van der Waals surface area contributed by atoms with E-state index in [1.165, 1.54) is 12.5 Å². The van der Waals surface area contributed by atoms with Gasteiger partial charge in [-0.25, -0.2) is 0 Å². The van der Waals surface area contributed by atoms with E-state index >= 15 is 0 Å². The van der Waals surface area contributed by atoms with Gasteiger partial charge in [-0.1, -0.05) is 30.3 Å². The number of benzene rings is 1. The maximum Gasteiger partial charge on any atom is 0.303 e. The monoisotopic (exact) mass is 252 g/mol. The summed E-state index contributed by atoms with van der Waals surface area (Å²) in [6.45, 7) is 1.31. The van der Waals surface area contributed by atoms with Crippen LogP contribution < -0.4 is 0 Å². The Hall–Kier alpha value is -1.42. The van der Waals surface area contributed by atoms with Gasteiger partial charge in [-0.3, -0.25) is 4.79 Å². The van der Waals surface area contributed by atoms with Gasteiger partial charge in [0.1, 0.15) is 0 Å². The molecule has 0 radical (unpaired) electrons. The van der Waals surface area contributed by atoms with Crippen molar-refractivity contribution in [3.05, 3.63) is 35.9 Å². The van der Waals surface area contributed by atoms with E-state index in [0.717, 1.165) is 12.8 Å². The van der Waals surface area contributed by atoms with Gasteiger partial charge in [0.2, 0.25) is 0 Å². The Morgan fingerprint density at radius 1 is 1.41 bits per heavy atom. The minimum Gasteiger partial charge on any atom is -0.499 e. The maximum absolute atomic E-state index is 10.8. The summed E-state index contributed by atoms with van der Waals surface area (Å²) in [5.74, 6) is -0.425. The molecule has 0 fully saturated rings. The fourth-order valence-electron chi connectivity index (χ4n) is 1.57. The SMILES string of the molecule is CC(=O)OC(CCCc1ccccc1)C(O)=S. The molecule has 0 aromatic heterocycles. The maximum atomic E-state index is 10.8. The Bertz CT molecular complexity index is 376. The number of rotatable bonds is 6. The number of hydrogen-bond donors (Lipinski definition) is 1. The van der Waals surface area contributed by atoms with E-state index in [4.69, 9.17) is 4.74 Å². The van der Waals surface area contributed by atoms with Crippen molar-refractivity contribution in [3.63, 3.8) is 0 Å². The van der Waals surface area contributed by atoms with Gasteiger partial charge in [-0.2, -0.15) is 0 Å². The highest BCUT2D eigenvalue weighted by Crippen LogP contribution is 2.09. The van der Waals surface area contributed by atoms with Gasteiger partial charge in [-0.15, -0.1) is 0 Å². The van der Waals surface area contributed by atoms with Gasteiger partial charge in [-0.05, 0) is 37.0 Å². The van der Waals surface area contributed by atoms with Gasteiger partial charge in [0.15, 0.2) is 11.2 Å². The van der Waals surface area contributed by atoms with Crippen molar-refractivity contribution < 1.29 is 14.6 Å². The van der Waals surface area contributed by atoms with Crippen molar-refractivity contribution in [2.24, 2.45) is 0 Å². The molecule has 0 aliphatic rings. The average molecular weight is 252 g/mol. The van der Waals surface area contributed by atoms with E-state index in [0.29, 0.717) is 6.42 Å². The van der Waals surface area contributed by atoms with Crippen molar-refractivity contribution in [3.8, 4) is 0 Å². The van der Waals surface area contributed by atoms with Gasteiger partial charge in [0, 0.05) is 6.92 Å². The van der Waals surface area contributed by atoms with Crippen LogP contribution in [0.15, 0.2) is 30.3 Å². The number of aliphatic hydroxyl groups is 1. The number of carbonyl (C=O) groups is 1. The predicted octanol–water partition coefficient (Wildman–Crippen LogP) is 2.83. The lowest BCUT2D eigenvalue weighted by Crippen LogP contribution is -2.24. The Morgan fingerprint density at radius 3 is 2.59 bits per heavy atom. The van der Waals surface area contributed by atoms with E-state index in [-0.39, 0.29) is 5.05 Å². The molecular weight excluding hydrogens is 236 g/mol. The van der Waals surface area contributed by atoms with Crippen LogP contribution in [0, 0.1) is 0 Å². The second-order valence-electron chi connectivity index (χ2n) is 3.81. The van der Waals surface area contributed by atoms with Gasteiger partial charge >= 0.3 is 5.97 Å². The fraction of sp³-hybridized carbons (Fsp3) is 0.385. The van der Waals surface area contributed by atoms with E-state index in [1.807, 2.05) is 30.3 Å². The Kier molecular flexibility index (Phi) is 5.63. The number of thiocarbonyl (C=S) groups is 1. The Labute approximate surface area is 106 Å². The first-order chi connectivity index (χ1) is 8.09. The molecule has 0 heterocycles. The van der Waals surface area contributed by atoms with Crippen molar-refractivity contribution in [1.29, 1.82) is 0 Å². The van der Waals surface area contributed by atoms with Crippen LogP contribution in [0.2, 0.25) is 0 Å². The highest BCUT2D eigenvalue weighted by Gasteiger charge is 2.16. The summed E-state index contributed by atoms with van der Waals surface area (Å²) < 4.78 is 4.92.